The Morgan fingerprint density at radius 2 is 1.64 bits per heavy atom. The van der Waals surface area contributed by atoms with Crippen LogP contribution in [0.2, 0.25) is 0 Å². The number of halogens is 1. The summed E-state index contributed by atoms with van der Waals surface area (Å²) in [7, 11) is 1.60. The zero-order valence-electron chi connectivity index (χ0n) is 20.9. The average molecular weight is 553 g/mol. The highest BCUT2D eigenvalue weighted by Crippen LogP contribution is 2.20. The average Bonchev–Trinajstić information content (AvgIpc) is 2.90. The van der Waals surface area contributed by atoms with Crippen molar-refractivity contribution in [2.75, 3.05) is 13.7 Å². The number of nitrogens with one attached hydrogen (secondary N) is 1. The third kappa shape index (κ3) is 8.12. The van der Waals surface area contributed by atoms with E-state index in [9.17, 15) is 9.59 Å². The van der Waals surface area contributed by atoms with Gasteiger partial charge < -0.3 is 19.7 Å². The number of hydrogen-bond donors (Lipinski definition) is 1. The number of amides is 2. The van der Waals surface area contributed by atoms with Crippen molar-refractivity contribution >= 4 is 27.7 Å². The molecule has 2 atom stereocenters. The molecule has 0 saturated heterocycles. The molecule has 3 aromatic carbocycles. The van der Waals surface area contributed by atoms with E-state index in [2.05, 4.69) is 21.2 Å². The zero-order valence-corrected chi connectivity index (χ0v) is 22.5. The first-order chi connectivity index (χ1) is 17.4. The maximum absolute atomic E-state index is 13.6. The first kappa shape index (κ1) is 27.3. The summed E-state index contributed by atoms with van der Waals surface area (Å²) >= 11 is 3.40. The van der Waals surface area contributed by atoms with E-state index in [0.29, 0.717) is 17.9 Å². The lowest BCUT2D eigenvalue weighted by molar-refractivity contribution is -0.143. The summed E-state index contributed by atoms with van der Waals surface area (Å²) in [4.78, 5) is 28.7. The van der Waals surface area contributed by atoms with Gasteiger partial charge >= 0.3 is 0 Å². The second-order valence-electron chi connectivity index (χ2n) is 8.64. The Morgan fingerprint density at radius 1 is 0.944 bits per heavy atom. The maximum atomic E-state index is 13.6. The summed E-state index contributed by atoms with van der Waals surface area (Å²) in [6, 6.07) is 23.8. The van der Waals surface area contributed by atoms with Gasteiger partial charge in [-0.3, -0.25) is 9.59 Å². The second kappa shape index (κ2) is 13.7. The molecule has 2 unspecified atom stereocenters. The van der Waals surface area contributed by atoms with Gasteiger partial charge in [-0.05, 0) is 60.9 Å². The van der Waals surface area contributed by atoms with Crippen molar-refractivity contribution in [3.05, 3.63) is 94.5 Å². The van der Waals surface area contributed by atoms with Crippen LogP contribution in [-0.2, 0) is 22.6 Å². The minimum absolute atomic E-state index is 0.0106. The third-order valence-corrected chi connectivity index (χ3v) is 6.46. The van der Waals surface area contributed by atoms with Crippen LogP contribution >= 0.6 is 15.9 Å². The fraction of sp³-hybridized carbons (Fsp3) is 0.310. The van der Waals surface area contributed by atoms with Crippen LogP contribution in [0.25, 0.3) is 0 Å². The standard InChI is InChI=1S/C29H33BrN2O4/c1-4-21(2)31-29(34)27(18-22-9-6-5-7-10-22)32(19-23-11-8-12-26(17-23)35-3)28(33)20-36-25-15-13-24(30)14-16-25/h5-17,21,27H,4,18-20H2,1-3H3,(H,31,34). The number of methoxy groups -OCH3 is 1. The highest BCUT2D eigenvalue weighted by molar-refractivity contribution is 9.10. The van der Waals surface area contributed by atoms with E-state index in [0.717, 1.165) is 22.0 Å². The summed E-state index contributed by atoms with van der Waals surface area (Å²) in [5.74, 6) is 0.806. The number of carbonyl (C=O) groups excluding carboxylic acids is 2. The Labute approximate surface area is 221 Å². The molecule has 0 bridgehead atoms. The lowest BCUT2D eigenvalue weighted by Gasteiger charge is -2.32. The largest absolute Gasteiger partial charge is 0.497 e. The molecule has 7 heteroatoms. The van der Waals surface area contributed by atoms with Crippen LogP contribution in [-0.4, -0.2) is 42.5 Å². The lowest BCUT2D eigenvalue weighted by Crippen LogP contribution is -2.53. The van der Waals surface area contributed by atoms with Gasteiger partial charge in [0.25, 0.3) is 5.91 Å². The Kier molecular flexibility index (Phi) is 10.4. The number of carbonyl (C=O) groups is 2. The van der Waals surface area contributed by atoms with Crippen LogP contribution in [0.4, 0.5) is 0 Å². The fourth-order valence-corrected chi connectivity index (χ4v) is 3.99. The molecule has 0 aliphatic carbocycles. The number of ether oxygens (including phenoxy) is 2. The van der Waals surface area contributed by atoms with Gasteiger partial charge in [0.05, 0.1) is 7.11 Å². The molecule has 3 rings (SSSR count). The van der Waals surface area contributed by atoms with E-state index in [1.165, 1.54) is 0 Å². The monoisotopic (exact) mass is 552 g/mol. The summed E-state index contributed by atoms with van der Waals surface area (Å²) < 4.78 is 12.1. The van der Waals surface area contributed by atoms with Crippen molar-refractivity contribution in [2.45, 2.75) is 45.3 Å². The normalized spacial score (nSPS) is 12.3. The van der Waals surface area contributed by atoms with Crippen LogP contribution in [0.3, 0.4) is 0 Å². The van der Waals surface area contributed by atoms with Crippen LogP contribution in [0.1, 0.15) is 31.4 Å². The number of hydrogen-bond acceptors (Lipinski definition) is 4. The van der Waals surface area contributed by atoms with Crippen molar-refractivity contribution in [2.24, 2.45) is 0 Å². The molecular weight excluding hydrogens is 520 g/mol. The molecule has 3 aromatic rings. The molecule has 0 radical (unpaired) electrons. The Balaban J connectivity index is 1.92. The molecule has 0 aliphatic rings. The number of benzene rings is 3. The molecule has 0 aromatic heterocycles. The summed E-state index contributed by atoms with van der Waals surface area (Å²) in [5.41, 5.74) is 1.83. The molecule has 0 aliphatic heterocycles. The smallest absolute Gasteiger partial charge is 0.261 e. The van der Waals surface area contributed by atoms with Crippen molar-refractivity contribution in [1.29, 1.82) is 0 Å². The quantitative estimate of drug-likeness (QED) is 0.327. The highest BCUT2D eigenvalue weighted by Gasteiger charge is 2.31. The number of nitrogens with zero attached hydrogens (tertiary/aromatic N) is 1. The van der Waals surface area contributed by atoms with E-state index in [-0.39, 0.29) is 31.0 Å². The molecule has 2 amide bonds. The Bertz CT molecular complexity index is 1120. The maximum Gasteiger partial charge on any atom is 0.261 e. The van der Waals surface area contributed by atoms with E-state index in [1.54, 1.807) is 24.1 Å². The van der Waals surface area contributed by atoms with Crippen molar-refractivity contribution in [3.8, 4) is 11.5 Å². The van der Waals surface area contributed by atoms with Gasteiger partial charge in [0.1, 0.15) is 17.5 Å². The van der Waals surface area contributed by atoms with E-state index in [1.807, 2.05) is 80.6 Å². The molecule has 190 valence electrons. The van der Waals surface area contributed by atoms with Gasteiger partial charge in [0.2, 0.25) is 5.91 Å². The highest BCUT2D eigenvalue weighted by atomic mass is 79.9. The van der Waals surface area contributed by atoms with Crippen LogP contribution < -0.4 is 14.8 Å². The van der Waals surface area contributed by atoms with Gasteiger partial charge in [-0.15, -0.1) is 0 Å². The van der Waals surface area contributed by atoms with Crippen molar-refractivity contribution in [1.82, 2.24) is 10.2 Å². The summed E-state index contributed by atoms with van der Waals surface area (Å²) in [6.45, 7) is 4.03. The third-order valence-electron chi connectivity index (χ3n) is 5.94. The second-order valence-corrected chi connectivity index (χ2v) is 9.55. The molecule has 0 saturated carbocycles. The van der Waals surface area contributed by atoms with Crippen molar-refractivity contribution < 1.29 is 19.1 Å². The van der Waals surface area contributed by atoms with Crippen LogP contribution in [0, 0.1) is 0 Å². The molecule has 0 heterocycles. The summed E-state index contributed by atoms with van der Waals surface area (Å²) in [6.07, 6.45) is 1.18. The van der Waals surface area contributed by atoms with Gasteiger partial charge in [0, 0.05) is 23.5 Å². The molecule has 0 fully saturated rings. The Hall–Kier alpha value is -3.32. The van der Waals surface area contributed by atoms with Gasteiger partial charge in [-0.2, -0.15) is 0 Å². The lowest BCUT2D eigenvalue weighted by atomic mass is 10.0. The summed E-state index contributed by atoms with van der Waals surface area (Å²) in [5, 5.41) is 3.07. The first-order valence-corrected chi connectivity index (χ1v) is 12.8. The zero-order chi connectivity index (χ0) is 25.9. The SMILES string of the molecule is CCC(C)NC(=O)C(Cc1ccccc1)N(Cc1cccc(OC)c1)C(=O)COc1ccc(Br)cc1. The van der Waals surface area contributed by atoms with Crippen LogP contribution in [0.15, 0.2) is 83.3 Å². The van der Waals surface area contributed by atoms with Gasteiger partial charge in [-0.25, -0.2) is 0 Å². The van der Waals surface area contributed by atoms with Gasteiger partial charge in [0.15, 0.2) is 6.61 Å². The van der Waals surface area contributed by atoms with E-state index in [4.69, 9.17) is 9.47 Å². The molecule has 36 heavy (non-hydrogen) atoms. The molecular formula is C29H33BrN2O4. The molecule has 0 spiro atoms. The van der Waals surface area contributed by atoms with E-state index < -0.39 is 6.04 Å². The van der Waals surface area contributed by atoms with E-state index >= 15 is 0 Å². The topological polar surface area (TPSA) is 67.9 Å². The predicted octanol–water partition coefficient (Wildman–Crippen LogP) is 5.39. The van der Waals surface area contributed by atoms with Crippen LogP contribution in [0.5, 0.6) is 11.5 Å². The minimum Gasteiger partial charge on any atom is -0.497 e. The molecule has 1 N–H and O–H groups in total. The first-order valence-electron chi connectivity index (χ1n) is 12.0. The number of rotatable bonds is 12. The predicted molar refractivity (Wildman–Crippen MR) is 145 cm³/mol. The Morgan fingerprint density at radius 3 is 2.31 bits per heavy atom. The minimum atomic E-state index is -0.714. The molecule has 6 nitrogen and oxygen atoms in total. The van der Waals surface area contributed by atoms with Crippen molar-refractivity contribution in [3.63, 3.8) is 0 Å². The fourth-order valence-electron chi connectivity index (χ4n) is 3.72. The van der Waals surface area contributed by atoms with Gasteiger partial charge in [-0.1, -0.05) is 65.3 Å².